The maximum absolute atomic E-state index is 13.3. The Morgan fingerprint density at radius 2 is 1.89 bits per heavy atom. The molecule has 1 aromatic carbocycles. The van der Waals surface area contributed by atoms with Crippen LogP contribution < -0.4 is 4.72 Å². The summed E-state index contributed by atoms with van der Waals surface area (Å²) in [6.07, 6.45) is -5.72. The van der Waals surface area contributed by atoms with E-state index in [-0.39, 0.29) is 21.2 Å². The molecular weight excluding hydrogens is 539 g/mol. The normalized spacial score (nSPS) is 21.4. The van der Waals surface area contributed by atoms with Crippen LogP contribution in [0.5, 0.6) is 0 Å². The number of nitrogens with one attached hydrogen (secondary N) is 1. The molecule has 0 saturated heterocycles. The van der Waals surface area contributed by atoms with Crippen molar-refractivity contribution in [1.82, 2.24) is 14.8 Å². The van der Waals surface area contributed by atoms with Crippen LogP contribution in [-0.4, -0.2) is 61.9 Å². The first-order valence-corrected chi connectivity index (χ1v) is 12.8. The van der Waals surface area contributed by atoms with Crippen molar-refractivity contribution in [2.24, 2.45) is 0 Å². The van der Waals surface area contributed by atoms with Crippen molar-refractivity contribution in [3.63, 3.8) is 0 Å². The summed E-state index contributed by atoms with van der Waals surface area (Å²) in [5, 5.41) is 13.5. The maximum Gasteiger partial charge on any atom is 0.452 e. The second-order valence-electron chi connectivity index (χ2n) is 8.58. The van der Waals surface area contributed by atoms with Crippen LogP contribution in [0.2, 0.25) is 0 Å². The second kappa shape index (κ2) is 9.15. The molecule has 1 fully saturated rings. The molecule has 1 aliphatic carbocycles. The Bertz CT molecular complexity index is 1440. The van der Waals surface area contributed by atoms with Gasteiger partial charge in [-0.15, -0.1) is 11.3 Å². The lowest BCUT2D eigenvalue weighted by Crippen LogP contribution is -2.50. The number of rotatable bonds is 8. The number of aromatic nitrogens is 1. The van der Waals surface area contributed by atoms with Gasteiger partial charge in [-0.1, -0.05) is 35.5 Å². The van der Waals surface area contributed by atoms with Crippen molar-refractivity contribution in [2.75, 3.05) is 20.7 Å². The summed E-state index contributed by atoms with van der Waals surface area (Å²) in [6, 6.07) is 11.2. The van der Waals surface area contributed by atoms with Crippen molar-refractivity contribution < 1.29 is 45.5 Å². The number of hydrogen-bond acceptors (Lipinski definition) is 8. The first-order valence-electron chi connectivity index (χ1n) is 10.5. The molecule has 2 N–H and O–H groups in total. The number of aliphatic carboxylic acids is 1. The van der Waals surface area contributed by atoms with E-state index in [1.54, 1.807) is 30.3 Å². The molecule has 1 amide bonds. The zero-order valence-electron chi connectivity index (χ0n) is 19.3. The molecule has 2 heterocycles. The molecule has 3 aromatic rings. The lowest BCUT2D eigenvalue weighted by Gasteiger charge is -2.25. The van der Waals surface area contributed by atoms with Crippen molar-refractivity contribution in [3.8, 4) is 10.6 Å². The minimum atomic E-state index is -4.77. The number of sulfonamides is 1. The predicted molar refractivity (Wildman–Crippen MR) is 123 cm³/mol. The Labute approximate surface area is 212 Å². The van der Waals surface area contributed by atoms with Gasteiger partial charge in [0.2, 0.25) is 5.76 Å². The number of carboxylic acids is 1. The van der Waals surface area contributed by atoms with E-state index in [1.807, 2.05) is 0 Å². The van der Waals surface area contributed by atoms with Gasteiger partial charge in [-0.3, -0.25) is 4.79 Å². The van der Waals surface area contributed by atoms with Crippen LogP contribution in [0.25, 0.3) is 10.6 Å². The van der Waals surface area contributed by atoms with Gasteiger partial charge in [0.25, 0.3) is 10.0 Å². The Morgan fingerprint density at radius 3 is 2.46 bits per heavy atom. The highest BCUT2D eigenvalue weighted by atomic mass is 32.2. The summed E-state index contributed by atoms with van der Waals surface area (Å²) in [5.74, 6) is -2.83. The number of nitrogens with zero attached hydrogens (tertiary/aromatic N) is 2. The number of carboxylic acid groups (broad SMARTS) is 1. The summed E-state index contributed by atoms with van der Waals surface area (Å²) in [4.78, 5) is 25.8. The summed E-state index contributed by atoms with van der Waals surface area (Å²) < 4.78 is 76.5. The van der Waals surface area contributed by atoms with Gasteiger partial charge in [0.15, 0.2) is 0 Å². The van der Waals surface area contributed by atoms with E-state index in [9.17, 15) is 36.3 Å². The molecule has 1 aliphatic rings. The van der Waals surface area contributed by atoms with Gasteiger partial charge in [0.1, 0.15) is 22.0 Å². The molecule has 198 valence electrons. The fourth-order valence-electron chi connectivity index (χ4n) is 3.95. The van der Waals surface area contributed by atoms with E-state index < -0.39 is 51.6 Å². The molecule has 0 unspecified atom stereocenters. The van der Waals surface area contributed by atoms with Crippen LogP contribution in [0.15, 0.2) is 57.3 Å². The van der Waals surface area contributed by atoms with E-state index in [2.05, 4.69) is 14.4 Å². The number of alkyl halides is 3. The summed E-state index contributed by atoms with van der Waals surface area (Å²) >= 11 is 0.590. The van der Waals surface area contributed by atoms with Crippen LogP contribution in [0, 0.1) is 0 Å². The number of halogens is 3. The molecule has 10 nitrogen and oxygen atoms in total. The van der Waals surface area contributed by atoms with Gasteiger partial charge >= 0.3 is 18.2 Å². The molecular formula is C22H20F3N3O7S2. The van der Waals surface area contributed by atoms with Crippen molar-refractivity contribution >= 4 is 33.4 Å². The smallest absolute Gasteiger partial charge is 0.452 e. The van der Waals surface area contributed by atoms with Crippen LogP contribution in [0.4, 0.5) is 18.0 Å². The van der Waals surface area contributed by atoms with Gasteiger partial charge in [-0.2, -0.15) is 17.9 Å². The first-order chi connectivity index (χ1) is 17.2. The molecule has 2 aromatic heterocycles. The van der Waals surface area contributed by atoms with Crippen LogP contribution in [0.3, 0.4) is 0 Å². The van der Waals surface area contributed by atoms with E-state index in [1.165, 1.54) is 20.2 Å². The predicted octanol–water partition coefficient (Wildman–Crippen LogP) is 3.56. The summed E-state index contributed by atoms with van der Waals surface area (Å²) in [5.41, 5.74) is -3.25. The SMILES string of the molecule is CN(C)C(=O)OC[C@@]1(c2ccccc2)C[C@]1(NS(=O)(=O)c1ccc(-c2cc(C(F)(F)F)on2)s1)C(=O)O. The Hall–Kier alpha value is -3.43. The monoisotopic (exact) mass is 559 g/mol. The zero-order valence-corrected chi connectivity index (χ0v) is 20.9. The largest absolute Gasteiger partial charge is 0.480 e. The van der Waals surface area contributed by atoms with Crippen molar-refractivity contribution in [2.45, 2.75) is 27.8 Å². The number of amides is 1. The molecule has 15 heteroatoms. The van der Waals surface area contributed by atoms with Crippen LogP contribution >= 0.6 is 11.3 Å². The second-order valence-corrected chi connectivity index (χ2v) is 11.6. The quantitative estimate of drug-likeness (QED) is 0.427. The molecule has 0 radical (unpaired) electrons. The molecule has 0 aliphatic heterocycles. The lowest BCUT2D eigenvalue weighted by molar-refractivity contribution is -0.155. The molecule has 0 bridgehead atoms. The van der Waals surface area contributed by atoms with E-state index >= 15 is 0 Å². The number of benzene rings is 1. The fourth-order valence-corrected chi connectivity index (χ4v) is 6.63. The van der Waals surface area contributed by atoms with Crippen LogP contribution in [0.1, 0.15) is 17.7 Å². The number of ether oxygens (including phenoxy) is 1. The highest BCUT2D eigenvalue weighted by Gasteiger charge is 2.75. The third-order valence-electron chi connectivity index (χ3n) is 5.95. The number of carbonyl (C=O) groups is 2. The number of thiophene rings is 1. The van der Waals surface area contributed by atoms with E-state index in [0.717, 1.165) is 11.0 Å². The summed E-state index contributed by atoms with van der Waals surface area (Å²) in [7, 11) is -1.60. The molecule has 1 saturated carbocycles. The zero-order chi connectivity index (χ0) is 27.2. The lowest BCUT2D eigenvalue weighted by atomic mass is 9.91. The minimum Gasteiger partial charge on any atom is -0.480 e. The molecule has 2 atom stereocenters. The third-order valence-corrected chi connectivity index (χ3v) is 9.05. The average Bonchev–Trinajstić information content (AvgIpc) is 3.21. The van der Waals surface area contributed by atoms with Gasteiger partial charge in [0.05, 0.1) is 10.3 Å². The average molecular weight is 560 g/mol. The fraction of sp³-hybridized carbons (Fsp3) is 0.318. The molecule has 0 spiro atoms. The molecule has 37 heavy (non-hydrogen) atoms. The number of hydrogen-bond donors (Lipinski definition) is 2. The van der Waals surface area contributed by atoms with Gasteiger partial charge in [0, 0.05) is 20.2 Å². The van der Waals surface area contributed by atoms with Gasteiger partial charge in [-0.25, -0.2) is 13.2 Å². The van der Waals surface area contributed by atoms with E-state index in [4.69, 9.17) is 4.74 Å². The number of carbonyl (C=O) groups excluding carboxylic acids is 1. The van der Waals surface area contributed by atoms with Crippen LogP contribution in [-0.2, 0) is 31.1 Å². The van der Waals surface area contributed by atoms with Gasteiger partial charge in [-0.05, 0) is 24.1 Å². The molecule has 4 rings (SSSR count). The van der Waals surface area contributed by atoms with Crippen molar-refractivity contribution in [3.05, 3.63) is 59.9 Å². The maximum atomic E-state index is 13.3. The Balaban J connectivity index is 1.66. The van der Waals surface area contributed by atoms with Gasteiger partial charge < -0.3 is 19.3 Å². The topological polar surface area (TPSA) is 139 Å². The minimum absolute atomic E-state index is 0.0639. The van der Waals surface area contributed by atoms with Crippen molar-refractivity contribution in [1.29, 1.82) is 0 Å². The van der Waals surface area contributed by atoms with E-state index in [0.29, 0.717) is 23.0 Å². The standard InChI is InChI=1S/C22H20F3N3O7S2/c1-28(2)19(31)34-12-20(13-6-4-3-5-7-13)11-21(20,18(29)30)27-37(32,33)17-9-8-15(36-17)14-10-16(35-26-14)22(23,24)25/h3-10,27H,11-12H2,1-2H3,(H,29,30)/t20-,21+/m1/s1. The highest BCUT2D eigenvalue weighted by Crippen LogP contribution is 2.59. The summed E-state index contributed by atoms with van der Waals surface area (Å²) in [6.45, 7) is -0.419. The Kier molecular flexibility index (Phi) is 6.58. The third kappa shape index (κ3) is 4.81. The first kappa shape index (κ1) is 26.6. The highest BCUT2D eigenvalue weighted by molar-refractivity contribution is 7.91. The Morgan fingerprint density at radius 1 is 1.22 bits per heavy atom.